The molecule has 5 aliphatic rings. The van der Waals surface area contributed by atoms with Gasteiger partial charge in [-0.15, -0.1) is 0 Å². The molecule has 316 valence electrons. The number of hydrogen-bond donors (Lipinski definition) is 15. The topological polar surface area (TPSA) is 387 Å². The van der Waals surface area contributed by atoms with Crippen LogP contribution in [0.15, 0.2) is 0 Å². The molecule has 0 aromatic rings. The SMILES string of the molecule is C[C@@H]1O[C@@H](O[C@@H]2[C@@H](O)[C@H](O[C@@H]3[C@H](O)[C@@H](O[C@@H]4O[C@@H](C)[C@@H](O)[C@@H](O)[C@@H]4O)[C@H](O[C@@H]4O[C@@H](CO)[C@@H](O)[C@@H](O)[C@@H]4O)O[C@@H]3CO)O[C@H](CO)[C@H]2O)[C@@H](O)[C@H](O)[C@@H]1O. The molecule has 24 nitrogen and oxygen atoms in total. The van der Waals surface area contributed by atoms with E-state index < -0.39 is 173 Å². The summed E-state index contributed by atoms with van der Waals surface area (Å²) < 4.78 is 50.6. The van der Waals surface area contributed by atoms with Crippen LogP contribution in [0.3, 0.4) is 0 Å². The molecule has 0 radical (unpaired) electrons. The van der Waals surface area contributed by atoms with Crippen LogP contribution >= 0.6 is 0 Å². The third-order valence-electron chi connectivity index (χ3n) is 10.2. The second kappa shape index (κ2) is 18.3. The van der Waals surface area contributed by atoms with Crippen molar-refractivity contribution in [2.75, 3.05) is 19.8 Å². The van der Waals surface area contributed by atoms with Gasteiger partial charge in [0.1, 0.15) is 110 Å². The maximum atomic E-state index is 11.8. The maximum Gasteiger partial charge on any atom is 0.190 e. The van der Waals surface area contributed by atoms with Gasteiger partial charge in [0.25, 0.3) is 0 Å². The molecule has 25 atom stereocenters. The minimum atomic E-state index is -2.09. The average molecular weight is 797 g/mol. The summed E-state index contributed by atoms with van der Waals surface area (Å²) in [5, 5.41) is 157. The molecule has 15 N–H and O–H groups in total. The molecule has 5 rings (SSSR count). The van der Waals surface area contributed by atoms with Crippen LogP contribution in [0.25, 0.3) is 0 Å². The first-order valence-corrected chi connectivity index (χ1v) is 17.3. The van der Waals surface area contributed by atoms with E-state index in [2.05, 4.69) is 0 Å². The second-order valence-corrected chi connectivity index (χ2v) is 13.9. The number of hydrogen-bond acceptors (Lipinski definition) is 24. The fourth-order valence-corrected chi connectivity index (χ4v) is 6.82. The zero-order valence-electron chi connectivity index (χ0n) is 28.9. The number of aliphatic hydroxyl groups is 15. The highest BCUT2D eigenvalue weighted by Gasteiger charge is 2.57. The average Bonchev–Trinajstić information content (AvgIpc) is 3.15. The highest BCUT2D eigenvalue weighted by molar-refractivity contribution is 4.98. The first kappa shape index (κ1) is 44.1. The van der Waals surface area contributed by atoms with Crippen molar-refractivity contribution in [2.45, 2.75) is 167 Å². The second-order valence-electron chi connectivity index (χ2n) is 13.9. The van der Waals surface area contributed by atoms with E-state index in [4.69, 9.17) is 42.6 Å². The Kier molecular flexibility index (Phi) is 15.0. The van der Waals surface area contributed by atoms with E-state index in [0.29, 0.717) is 0 Å². The smallest absolute Gasteiger partial charge is 0.190 e. The summed E-state index contributed by atoms with van der Waals surface area (Å²) >= 11 is 0. The quantitative estimate of drug-likeness (QED) is 0.0923. The third-order valence-corrected chi connectivity index (χ3v) is 10.2. The van der Waals surface area contributed by atoms with Crippen LogP contribution < -0.4 is 0 Å². The van der Waals surface area contributed by atoms with E-state index in [1.807, 2.05) is 0 Å². The Hall–Kier alpha value is -0.960. The van der Waals surface area contributed by atoms with Crippen LogP contribution in [0.1, 0.15) is 13.8 Å². The summed E-state index contributed by atoms with van der Waals surface area (Å²) in [6.45, 7) is -0.0613. The fourth-order valence-electron chi connectivity index (χ4n) is 6.82. The van der Waals surface area contributed by atoms with Crippen molar-refractivity contribution < 1.29 is 119 Å². The minimum absolute atomic E-state index is 0.848. The first-order valence-electron chi connectivity index (χ1n) is 17.3. The largest absolute Gasteiger partial charge is 0.394 e. The molecule has 54 heavy (non-hydrogen) atoms. The molecule has 5 saturated heterocycles. The van der Waals surface area contributed by atoms with Crippen LogP contribution in [0, 0.1) is 0 Å². The summed E-state index contributed by atoms with van der Waals surface area (Å²) in [5.41, 5.74) is 0. The Morgan fingerprint density at radius 3 is 1.17 bits per heavy atom. The molecule has 5 fully saturated rings. The molecule has 0 bridgehead atoms. The molecule has 5 aliphatic heterocycles. The van der Waals surface area contributed by atoms with Gasteiger partial charge < -0.3 is 119 Å². The summed E-state index contributed by atoms with van der Waals surface area (Å²) in [4.78, 5) is 0. The molecule has 5 heterocycles. The lowest BCUT2D eigenvalue weighted by molar-refractivity contribution is -0.414. The molecule has 0 aliphatic carbocycles. The lowest BCUT2D eigenvalue weighted by Gasteiger charge is -2.50. The summed E-state index contributed by atoms with van der Waals surface area (Å²) in [6.07, 6.45) is -44.1. The standard InChI is InChI=1S/C30H52O24/c1-6-11(34)15(38)18(41)26(46-6)52-24-14(37)9(4-32)49-29(22(24)45)51-23-10(5-33)50-30(54-28-20(43)17(40)13(36)8(3-31)48-28)25(21(23)44)53-27-19(42)16(39)12(35)7(2)47-27/h6-45H,3-5H2,1-2H3/t6-,7-,8-,9+,10+,11+,12+,13+,14+,15+,16+,17+,18-,19-,20-,21-,22+,23-,24-,25+,26-,27-,28-,29-,30-/m0/s1. The van der Waals surface area contributed by atoms with E-state index in [0.717, 1.165) is 0 Å². The Bertz CT molecular complexity index is 1170. The molecule has 0 unspecified atom stereocenters. The van der Waals surface area contributed by atoms with E-state index in [1.54, 1.807) is 0 Å². The van der Waals surface area contributed by atoms with Gasteiger partial charge in [-0.1, -0.05) is 0 Å². The Morgan fingerprint density at radius 2 is 0.685 bits per heavy atom. The highest BCUT2D eigenvalue weighted by atomic mass is 16.8. The number of ether oxygens (including phenoxy) is 9. The van der Waals surface area contributed by atoms with Crippen molar-refractivity contribution in [3.63, 3.8) is 0 Å². The van der Waals surface area contributed by atoms with E-state index in [-0.39, 0.29) is 0 Å². The van der Waals surface area contributed by atoms with Crippen LogP contribution in [0.2, 0.25) is 0 Å². The first-order chi connectivity index (χ1) is 25.4. The summed E-state index contributed by atoms with van der Waals surface area (Å²) in [5.74, 6) is 0. The van der Waals surface area contributed by atoms with Gasteiger partial charge in [0, 0.05) is 0 Å². The van der Waals surface area contributed by atoms with Crippen molar-refractivity contribution in [1.82, 2.24) is 0 Å². The molecule has 0 saturated carbocycles. The van der Waals surface area contributed by atoms with Crippen molar-refractivity contribution in [2.24, 2.45) is 0 Å². The molecule has 0 aromatic heterocycles. The van der Waals surface area contributed by atoms with Crippen LogP contribution in [-0.2, 0) is 42.6 Å². The zero-order chi connectivity index (χ0) is 39.9. The lowest BCUT2D eigenvalue weighted by atomic mass is 9.95. The van der Waals surface area contributed by atoms with Crippen molar-refractivity contribution in [1.29, 1.82) is 0 Å². The van der Waals surface area contributed by atoms with E-state index in [9.17, 15) is 76.6 Å². The Labute approximate surface area is 306 Å². The number of aliphatic hydroxyl groups excluding tert-OH is 15. The monoisotopic (exact) mass is 796 g/mol. The molecule has 0 aromatic carbocycles. The minimum Gasteiger partial charge on any atom is -0.394 e. The van der Waals surface area contributed by atoms with Crippen LogP contribution in [0.5, 0.6) is 0 Å². The van der Waals surface area contributed by atoms with Gasteiger partial charge in [-0.3, -0.25) is 0 Å². The third kappa shape index (κ3) is 8.72. The summed E-state index contributed by atoms with van der Waals surface area (Å²) in [6, 6.07) is 0. The predicted molar refractivity (Wildman–Crippen MR) is 164 cm³/mol. The van der Waals surface area contributed by atoms with Gasteiger partial charge >= 0.3 is 0 Å². The number of rotatable bonds is 11. The fraction of sp³-hybridized carbons (Fsp3) is 1.00. The Balaban J connectivity index is 1.41. The van der Waals surface area contributed by atoms with Gasteiger partial charge in [0.2, 0.25) is 0 Å². The lowest BCUT2D eigenvalue weighted by Crippen LogP contribution is -2.68. The zero-order valence-corrected chi connectivity index (χ0v) is 28.9. The van der Waals surface area contributed by atoms with Gasteiger partial charge in [-0.2, -0.15) is 0 Å². The van der Waals surface area contributed by atoms with Gasteiger partial charge in [0.15, 0.2) is 31.5 Å². The predicted octanol–water partition coefficient (Wildman–Crippen LogP) is -9.87. The maximum absolute atomic E-state index is 11.8. The van der Waals surface area contributed by atoms with Crippen LogP contribution in [-0.4, -0.2) is 250 Å². The molecule has 0 amide bonds. The van der Waals surface area contributed by atoms with Gasteiger partial charge in [-0.25, -0.2) is 0 Å². The van der Waals surface area contributed by atoms with E-state index in [1.165, 1.54) is 13.8 Å². The molecule has 24 heteroatoms. The van der Waals surface area contributed by atoms with Crippen molar-refractivity contribution in [3.05, 3.63) is 0 Å². The normalized spacial score (nSPS) is 54.7. The van der Waals surface area contributed by atoms with Gasteiger partial charge in [-0.05, 0) is 13.8 Å². The van der Waals surface area contributed by atoms with Gasteiger partial charge in [0.05, 0.1) is 32.0 Å². The summed E-state index contributed by atoms with van der Waals surface area (Å²) in [7, 11) is 0. The highest BCUT2D eigenvalue weighted by Crippen LogP contribution is 2.36. The molecular formula is C30H52O24. The van der Waals surface area contributed by atoms with Crippen molar-refractivity contribution in [3.8, 4) is 0 Å². The van der Waals surface area contributed by atoms with E-state index >= 15 is 0 Å². The molecular weight excluding hydrogens is 744 g/mol. The molecule has 0 spiro atoms. The van der Waals surface area contributed by atoms with Crippen LogP contribution in [0.4, 0.5) is 0 Å². The van der Waals surface area contributed by atoms with Crippen molar-refractivity contribution >= 4 is 0 Å². The Morgan fingerprint density at radius 1 is 0.315 bits per heavy atom.